The Morgan fingerprint density at radius 3 is 2.43 bits per heavy atom. The summed E-state index contributed by atoms with van der Waals surface area (Å²) in [6, 6.07) is 0. The van der Waals surface area contributed by atoms with Gasteiger partial charge in [-0.2, -0.15) is 0 Å². The van der Waals surface area contributed by atoms with E-state index in [9.17, 15) is 4.79 Å². The predicted octanol–water partition coefficient (Wildman–Crippen LogP) is 3.88. The van der Waals surface area contributed by atoms with Gasteiger partial charge >= 0.3 is 0 Å². The summed E-state index contributed by atoms with van der Waals surface area (Å²) in [5.41, 5.74) is 2.69. The smallest absolute Gasteiger partial charge is 0.159 e. The standard InChI is InChI=1S/C10H14O.C3H8/c1-7-3-2-4-8-5-6-9(11)10(7)8;1-3-2/h7H,2-6H2,1H3;3H2,1-2H3/t7-;/m1./s1. The highest BCUT2D eigenvalue weighted by atomic mass is 16.1. The largest absolute Gasteiger partial charge is 0.295 e. The predicted molar refractivity (Wildman–Crippen MR) is 60.2 cm³/mol. The highest BCUT2D eigenvalue weighted by Gasteiger charge is 2.29. The van der Waals surface area contributed by atoms with E-state index in [1.807, 2.05) is 0 Å². The lowest BCUT2D eigenvalue weighted by Crippen LogP contribution is -2.11. The van der Waals surface area contributed by atoms with Crippen LogP contribution in [0.1, 0.15) is 59.3 Å². The molecule has 0 radical (unpaired) electrons. The second-order valence-corrected chi connectivity index (χ2v) is 4.44. The highest BCUT2D eigenvalue weighted by molar-refractivity contribution is 5.99. The SMILES string of the molecule is CCC.C[C@@H]1CCCC2=C1C(=O)CC2. The summed E-state index contributed by atoms with van der Waals surface area (Å²) in [6.45, 7) is 6.44. The van der Waals surface area contributed by atoms with Crippen LogP contribution >= 0.6 is 0 Å². The molecular weight excluding hydrogens is 172 g/mol. The van der Waals surface area contributed by atoms with Gasteiger partial charge in [-0.15, -0.1) is 0 Å². The molecule has 0 N–H and O–H groups in total. The second-order valence-electron chi connectivity index (χ2n) is 4.44. The third-order valence-electron chi connectivity index (χ3n) is 2.94. The normalized spacial score (nSPS) is 25.6. The van der Waals surface area contributed by atoms with E-state index in [2.05, 4.69) is 20.8 Å². The lowest BCUT2D eigenvalue weighted by Gasteiger charge is -2.19. The molecule has 0 aromatic heterocycles. The fourth-order valence-electron chi connectivity index (χ4n) is 2.38. The van der Waals surface area contributed by atoms with Crippen LogP contribution in [0.25, 0.3) is 0 Å². The first-order chi connectivity index (χ1) is 6.70. The summed E-state index contributed by atoms with van der Waals surface area (Å²) in [4.78, 5) is 11.4. The second kappa shape index (κ2) is 5.33. The van der Waals surface area contributed by atoms with E-state index in [1.54, 1.807) is 0 Å². The summed E-state index contributed by atoms with van der Waals surface area (Å²) >= 11 is 0. The summed E-state index contributed by atoms with van der Waals surface area (Å²) in [6.07, 6.45) is 6.84. The average Bonchev–Trinajstić information content (AvgIpc) is 2.51. The minimum atomic E-state index is 0.437. The summed E-state index contributed by atoms with van der Waals surface area (Å²) in [7, 11) is 0. The molecule has 0 bridgehead atoms. The molecule has 0 heterocycles. The Balaban J connectivity index is 0.000000293. The fraction of sp³-hybridized carbons (Fsp3) is 0.769. The van der Waals surface area contributed by atoms with E-state index >= 15 is 0 Å². The van der Waals surface area contributed by atoms with E-state index in [1.165, 1.54) is 36.8 Å². The zero-order chi connectivity index (χ0) is 10.6. The molecule has 0 unspecified atom stereocenters. The van der Waals surface area contributed by atoms with Crippen molar-refractivity contribution < 1.29 is 4.79 Å². The van der Waals surface area contributed by atoms with Crippen molar-refractivity contribution in [2.75, 3.05) is 0 Å². The summed E-state index contributed by atoms with van der Waals surface area (Å²) in [5, 5.41) is 0. The van der Waals surface area contributed by atoms with Gasteiger partial charge in [0.15, 0.2) is 5.78 Å². The molecule has 2 rings (SSSR count). The molecule has 1 atom stereocenters. The van der Waals surface area contributed by atoms with Crippen LogP contribution in [0, 0.1) is 5.92 Å². The topological polar surface area (TPSA) is 17.1 Å². The van der Waals surface area contributed by atoms with Gasteiger partial charge in [-0.25, -0.2) is 0 Å². The molecular formula is C13H22O. The molecule has 0 spiro atoms. The van der Waals surface area contributed by atoms with Crippen LogP contribution in [0.3, 0.4) is 0 Å². The molecule has 0 fully saturated rings. The molecule has 1 heteroatoms. The van der Waals surface area contributed by atoms with Crippen molar-refractivity contribution in [3.05, 3.63) is 11.1 Å². The molecule has 14 heavy (non-hydrogen) atoms. The van der Waals surface area contributed by atoms with Gasteiger partial charge in [0.05, 0.1) is 0 Å². The molecule has 0 saturated carbocycles. The molecule has 80 valence electrons. The van der Waals surface area contributed by atoms with Crippen LogP contribution in [0.15, 0.2) is 11.1 Å². The van der Waals surface area contributed by atoms with Gasteiger partial charge in [-0.1, -0.05) is 32.8 Å². The van der Waals surface area contributed by atoms with Crippen LogP contribution in [0.5, 0.6) is 0 Å². The van der Waals surface area contributed by atoms with Crippen molar-refractivity contribution >= 4 is 5.78 Å². The van der Waals surface area contributed by atoms with Gasteiger partial charge in [-0.05, 0) is 37.2 Å². The molecule has 1 nitrogen and oxygen atoms in total. The van der Waals surface area contributed by atoms with E-state index in [0.29, 0.717) is 11.7 Å². The third-order valence-corrected chi connectivity index (χ3v) is 2.94. The van der Waals surface area contributed by atoms with Gasteiger partial charge in [0, 0.05) is 6.42 Å². The lowest BCUT2D eigenvalue weighted by atomic mass is 9.85. The Kier molecular flexibility index (Phi) is 4.37. The maximum absolute atomic E-state index is 11.4. The number of hydrogen-bond acceptors (Lipinski definition) is 1. The molecule has 0 aromatic carbocycles. The van der Waals surface area contributed by atoms with Crippen LogP contribution in [0.2, 0.25) is 0 Å². The lowest BCUT2D eigenvalue weighted by molar-refractivity contribution is -0.115. The van der Waals surface area contributed by atoms with E-state index in [0.717, 1.165) is 12.8 Å². The Morgan fingerprint density at radius 2 is 1.86 bits per heavy atom. The molecule has 0 saturated heterocycles. The van der Waals surface area contributed by atoms with Crippen LogP contribution < -0.4 is 0 Å². The van der Waals surface area contributed by atoms with Crippen molar-refractivity contribution in [1.29, 1.82) is 0 Å². The van der Waals surface area contributed by atoms with Crippen molar-refractivity contribution in [3.63, 3.8) is 0 Å². The number of hydrogen-bond donors (Lipinski definition) is 0. The monoisotopic (exact) mass is 194 g/mol. The van der Waals surface area contributed by atoms with Crippen molar-refractivity contribution in [3.8, 4) is 0 Å². The van der Waals surface area contributed by atoms with Crippen molar-refractivity contribution in [2.24, 2.45) is 5.92 Å². The van der Waals surface area contributed by atoms with Gasteiger partial charge in [0.2, 0.25) is 0 Å². The van der Waals surface area contributed by atoms with E-state index in [4.69, 9.17) is 0 Å². The summed E-state index contributed by atoms with van der Waals surface area (Å²) < 4.78 is 0. The first kappa shape index (κ1) is 11.5. The van der Waals surface area contributed by atoms with Crippen molar-refractivity contribution in [1.82, 2.24) is 0 Å². The zero-order valence-corrected chi connectivity index (χ0v) is 9.73. The Labute approximate surface area is 87.6 Å². The van der Waals surface area contributed by atoms with Gasteiger partial charge in [0.1, 0.15) is 0 Å². The maximum atomic E-state index is 11.4. The van der Waals surface area contributed by atoms with Crippen molar-refractivity contribution in [2.45, 2.75) is 59.3 Å². The Morgan fingerprint density at radius 1 is 1.21 bits per heavy atom. The number of allylic oxidation sites excluding steroid dienone is 2. The van der Waals surface area contributed by atoms with Gasteiger partial charge in [-0.3, -0.25) is 4.79 Å². The zero-order valence-electron chi connectivity index (χ0n) is 9.73. The van der Waals surface area contributed by atoms with Crippen LogP contribution in [-0.4, -0.2) is 5.78 Å². The minimum Gasteiger partial charge on any atom is -0.295 e. The number of Topliss-reactive ketones (excluding diaryl/α,β-unsaturated/α-hetero) is 1. The van der Waals surface area contributed by atoms with Gasteiger partial charge < -0.3 is 0 Å². The molecule has 0 aliphatic heterocycles. The number of carbonyl (C=O) groups is 1. The third kappa shape index (κ3) is 2.46. The molecule has 2 aliphatic carbocycles. The van der Waals surface area contributed by atoms with Gasteiger partial charge in [0.25, 0.3) is 0 Å². The first-order valence-electron chi connectivity index (χ1n) is 5.95. The van der Waals surface area contributed by atoms with Crippen LogP contribution in [0.4, 0.5) is 0 Å². The number of rotatable bonds is 0. The van der Waals surface area contributed by atoms with Crippen LogP contribution in [-0.2, 0) is 4.79 Å². The number of ketones is 1. The van der Waals surface area contributed by atoms with E-state index in [-0.39, 0.29) is 0 Å². The molecule has 0 aromatic rings. The fourth-order valence-corrected chi connectivity index (χ4v) is 2.38. The first-order valence-corrected chi connectivity index (χ1v) is 5.95. The minimum absolute atomic E-state index is 0.437. The highest BCUT2D eigenvalue weighted by Crippen LogP contribution is 2.37. The quantitative estimate of drug-likeness (QED) is 0.572. The molecule has 0 amide bonds. The Hall–Kier alpha value is -0.590. The summed E-state index contributed by atoms with van der Waals surface area (Å²) in [5.74, 6) is 1.00. The Bertz CT molecular complexity index is 238. The average molecular weight is 194 g/mol. The maximum Gasteiger partial charge on any atom is 0.159 e. The van der Waals surface area contributed by atoms with E-state index < -0.39 is 0 Å². The molecule has 2 aliphatic rings. The number of carbonyl (C=O) groups excluding carboxylic acids is 1.